The highest BCUT2D eigenvalue weighted by molar-refractivity contribution is 7.89. The SMILES string of the molecule is Cc1cc(O)c(CN2CCN(S(=O)(=O)c3c(C)c(C)cc(C)c3C)CC2)cc1C(C)C. The number of nitrogens with zero attached hydrogens (tertiary/aromatic N) is 2. The molecule has 1 saturated heterocycles. The summed E-state index contributed by atoms with van der Waals surface area (Å²) < 4.78 is 28.6. The highest BCUT2D eigenvalue weighted by atomic mass is 32.2. The molecule has 170 valence electrons. The van der Waals surface area contributed by atoms with Crippen LogP contribution in [0.2, 0.25) is 0 Å². The Morgan fingerprint density at radius 2 is 1.42 bits per heavy atom. The van der Waals surface area contributed by atoms with Gasteiger partial charge < -0.3 is 5.11 Å². The largest absolute Gasteiger partial charge is 0.508 e. The summed E-state index contributed by atoms with van der Waals surface area (Å²) in [6.45, 7) is 16.9. The predicted molar refractivity (Wildman–Crippen MR) is 126 cm³/mol. The van der Waals surface area contributed by atoms with Gasteiger partial charge in [0.25, 0.3) is 0 Å². The quantitative estimate of drug-likeness (QED) is 0.734. The van der Waals surface area contributed by atoms with Gasteiger partial charge in [-0.2, -0.15) is 4.31 Å². The molecule has 0 bridgehead atoms. The minimum atomic E-state index is -3.54. The van der Waals surface area contributed by atoms with Gasteiger partial charge in [-0.05, 0) is 80.0 Å². The average Bonchev–Trinajstić information content (AvgIpc) is 2.68. The van der Waals surface area contributed by atoms with Crippen molar-refractivity contribution in [2.45, 2.75) is 65.8 Å². The zero-order valence-corrected chi connectivity index (χ0v) is 20.7. The fraction of sp³-hybridized carbons (Fsp3) is 0.520. The van der Waals surface area contributed by atoms with E-state index in [-0.39, 0.29) is 0 Å². The minimum Gasteiger partial charge on any atom is -0.508 e. The van der Waals surface area contributed by atoms with Gasteiger partial charge in [0.05, 0.1) is 4.90 Å². The number of aromatic hydroxyl groups is 1. The van der Waals surface area contributed by atoms with Gasteiger partial charge in [-0.1, -0.05) is 26.0 Å². The van der Waals surface area contributed by atoms with Gasteiger partial charge in [-0.25, -0.2) is 8.42 Å². The number of phenolic OH excluding ortho intramolecular Hbond substituents is 1. The Balaban J connectivity index is 1.77. The van der Waals surface area contributed by atoms with Crippen LogP contribution in [0.3, 0.4) is 0 Å². The number of sulfonamides is 1. The van der Waals surface area contributed by atoms with Crippen LogP contribution >= 0.6 is 0 Å². The Kier molecular flexibility index (Phi) is 6.84. The van der Waals surface area contributed by atoms with Crippen LogP contribution in [-0.2, 0) is 16.6 Å². The van der Waals surface area contributed by atoms with Crippen molar-refractivity contribution in [3.63, 3.8) is 0 Å². The molecule has 0 amide bonds. The number of hydrogen-bond acceptors (Lipinski definition) is 4. The van der Waals surface area contributed by atoms with Crippen LogP contribution in [-0.4, -0.2) is 48.9 Å². The molecule has 5 nitrogen and oxygen atoms in total. The molecule has 1 aliphatic heterocycles. The number of phenols is 1. The topological polar surface area (TPSA) is 60.9 Å². The summed E-state index contributed by atoms with van der Waals surface area (Å²) in [6, 6.07) is 6.00. The van der Waals surface area contributed by atoms with Gasteiger partial charge in [0, 0.05) is 38.3 Å². The molecule has 0 atom stereocenters. The standard InChI is InChI=1S/C25H36N2O3S/c1-16(2)23-14-22(24(28)13-19(23)5)15-26-8-10-27(11-9-26)31(29,30)25-20(6)17(3)12-18(4)21(25)7/h12-14,16,28H,8-11,15H2,1-7H3. The Labute approximate surface area is 187 Å². The monoisotopic (exact) mass is 444 g/mol. The summed E-state index contributed by atoms with van der Waals surface area (Å²) >= 11 is 0. The first-order valence-electron chi connectivity index (χ1n) is 11.1. The summed E-state index contributed by atoms with van der Waals surface area (Å²) in [4.78, 5) is 2.69. The number of benzene rings is 2. The van der Waals surface area contributed by atoms with Gasteiger partial charge in [-0.3, -0.25) is 4.90 Å². The maximum atomic E-state index is 13.5. The van der Waals surface area contributed by atoms with E-state index in [0.717, 1.165) is 33.4 Å². The summed E-state index contributed by atoms with van der Waals surface area (Å²) in [5.41, 5.74) is 6.97. The minimum absolute atomic E-state index is 0.318. The van der Waals surface area contributed by atoms with E-state index in [0.29, 0.717) is 49.3 Å². The molecule has 1 aliphatic rings. The predicted octanol–water partition coefficient (Wildman–Crippen LogP) is 4.56. The Bertz CT molecular complexity index is 1060. The molecule has 1 heterocycles. The highest BCUT2D eigenvalue weighted by Crippen LogP contribution is 2.31. The van der Waals surface area contributed by atoms with E-state index in [1.165, 1.54) is 5.56 Å². The lowest BCUT2D eigenvalue weighted by Gasteiger charge is -2.35. The maximum absolute atomic E-state index is 13.5. The van der Waals surface area contributed by atoms with Crippen molar-refractivity contribution in [3.05, 3.63) is 57.1 Å². The van der Waals surface area contributed by atoms with Gasteiger partial charge in [0.15, 0.2) is 0 Å². The van der Waals surface area contributed by atoms with Crippen LogP contribution in [0.15, 0.2) is 23.1 Å². The van der Waals surface area contributed by atoms with Crippen LogP contribution in [0, 0.1) is 34.6 Å². The molecule has 2 aromatic carbocycles. The smallest absolute Gasteiger partial charge is 0.243 e. The fourth-order valence-electron chi connectivity index (χ4n) is 4.57. The first kappa shape index (κ1) is 23.8. The van der Waals surface area contributed by atoms with E-state index in [9.17, 15) is 13.5 Å². The highest BCUT2D eigenvalue weighted by Gasteiger charge is 2.32. The summed E-state index contributed by atoms with van der Waals surface area (Å²) in [5, 5.41) is 10.4. The third-order valence-corrected chi connectivity index (χ3v) is 8.88. The van der Waals surface area contributed by atoms with Crippen LogP contribution in [0.25, 0.3) is 0 Å². The zero-order valence-electron chi connectivity index (χ0n) is 19.9. The van der Waals surface area contributed by atoms with Gasteiger partial charge in [0.2, 0.25) is 10.0 Å². The summed E-state index contributed by atoms with van der Waals surface area (Å²) in [5.74, 6) is 0.712. The molecule has 1 N–H and O–H groups in total. The van der Waals surface area contributed by atoms with Crippen LogP contribution in [0.4, 0.5) is 0 Å². The molecule has 0 aromatic heterocycles. The summed E-state index contributed by atoms with van der Waals surface area (Å²) in [6.07, 6.45) is 0. The molecule has 6 heteroatoms. The molecule has 31 heavy (non-hydrogen) atoms. The molecule has 0 spiro atoms. The van der Waals surface area contributed by atoms with Crippen molar-refractivity contribution in [2.24, 2.45) is 0 Å². The molecule has 3 rings (SSSR count). The molecule has 0 aliphatic carbocycles. The average molecular weight is 445 g/mol. The van der Waals surface area contributed by atoms with E-state index in [4.69, 9.17) is 0 Å². The molecule has 0 radical (unpaired) electrons. The first-order valence-corrected chi connectivity index (χ1v) is 12.5. The lowest BCUT2D eigenvalue weighted by molar-refractivity contribution is 0.180. The van der Waals surface area contributed by atoms with Crippen LogP contribution < -0.4 is 0 Å². The van der Waals surface area contributed by atoms with Gasteiger partial charge in [-0.15, -0.1) is 0 Å². The Morgan fingerprint density at radius 3 is 1.94 bits per heavy atom. The van der Waals surface area contributed by atoms with E-state index in [2.05, 4.69) is 30.9 Å². The van der Waals surface area contributed by atoms with Crippen LogP contribution in [0.1, 0.15) is 58.7 Å². The third kappa shape index (κ3) is 4.66. The van der Waals surface area contributed by atoms with E-state index >= 15 is 0 Å². The first-order chi connectivity index (χ1) is 14.4. The van der Waals surface area contributed by atoms with E-state index < -0.39 is 10.0 Å². The number of hydrogen-bond donors (Lipinski definition) is 1. The molecular weight excluding hydrogens is 408 g/mol. The molecule has 1 fully saturated rings. The lowest BCUT2D eigenvalue weighted by Crippen LogP contribution is -2.48. The lowest BCUT2D eigenvalue weighted by atomic mass is 9.95. The Morgan fingerprint density at radius 1 is 0.871 bits per heavy atom. The van der Waals surface area contributed by atoms with Crippen molar-refractivity contribution in [3.8, 4) is 5.75 Å². The number of rotatable bonds is 5. The molecular formula is C25H36N2O3S. The molecule has 0 unspecified atom stereocenters. The zero-order chi connectivity index (χ0) is 23.1. The molecule has 2 aromatic rings. The van der Waals surface area contributed by atoms with Crippen molar-refractivity contribution >= 4 is 10.0 Å². The van der Waals surface area contributed by atoms with Crippen molar-refractivity contribution in [2.75, 3.05) is 26.2 Å². The fourth-order valence-corrected chi connectivity index (χ4v) is 6.57. The Hall–Kier alpha value is -1.89. The van der Waals surface area contributed by atoms with Crippen LogP contribution in [0.5, 0.6) is 5.75 Å². The van der Waals surface area contributed by atoms with Gasteiger partial charge in [0.1, 0.15) is 5.75 Å². The van der Waals surface area contributed by atoms with E-state index in [1.54, 1.807) is 4.31 Å². The second-order valence-corrected chi connectivity index (χ2v) is 11.1. The van der Waals surface area contributed by atoms with Crippen molar-refractivity contribution in [1.29, 1.82) is 0 Å². The van der Waals surface area contributed by atoms with Crippen molar-refractivity contribution in [1.82, 2.24) is 9.21 Å². The normalized spacial score (nSPS) is 16.3. The number of piperazine rings is 1. The number of aryl methyl sites for hydroxylation is 3. The van der Waals surface area contributed by atoms with E-state index in [1.807, 2.05) is 40.7 Å². The third-order valence-electron chi connectivity index (χ3n) is 6.71. The molecule has 0 saturated carbocycles. The van der Waals surface area contributed by atoms with Gasteiger partial charge >= 0.3 is 0 Å². The summed E-state index contributed by atoms with van der Waals surface area (Å²) in [7, 11) is -3.54. The van der Waals surface area contributed by atoms with Crippen molar-refractivity contribution < 1.29 is 13.5 Å². The maximum Gasteiger partial charge on any atom is 0.243 e. The second-order valence-electron chi connectivity index (χ2n) is 9.26. The second kappa shape index (κ2) is 8.93.